The van der Waals surface area contributed by atoms with Crippen LogP contribution in [0.2, 0.25) is 0 Å². The van der Waals surface area contributed by atoms with Crippen molar-refractivity contribution in [2.24, 2.45) is 5.92 Å². The minimum Gasteiger partial charge on any atom is -0.465 e. The van der Waals surface area contributed by atoms with Gasteiger partial charge in [-0.05, 0) is 31.0 Å². The standard InChI is InChI=1S/C13H21NO/c1-2-12-6-7-13(15-12)10-14-9-8-11-4-3-5-11/h6-7,11,14H,2-5,8-10H2,1H3. The lowest BCUT2D eigenvalue weighted by atomic mass is 9.83. The van der Waals surface area contributed by atoms with Crippen LogP contribution in [0.3, 0.4) is 0 Å². The number of hydrogen-bond acceptors (Lipinski definition) is 2. The van der Waals surface area contributed by atoms with Crippen molar-refractivity contribution >= 4 is 0 Å². The molecule has 0 radical (unpaired) electrons. The highest BCUT2D eigenvalue weighted by Crippen LogP contribution is 2.28. The summed E-state index contributed by atoms with van der Waals surface area (Å²) in [6.07, 6.45) is 6.66. The Hall–Kier alpha value is -0.760. The topological polar surface area (TPSA) is 25.2 Å². The fourth-order valence-corrected chi connectivity index (χ4v) is 2.01. The second-order valence-electron chi connectivity index (χ2n) is 4.48. The average molecular weight is 207 g/mol. The molecule has 0 spiro atoms. The van der Waals surface area contributed by atoms with Crippen molar-refractivity contribution in [3.63, 3.8) is 0 Å². The fraction of sp³-hybridized carbons (Fsp3) is 0.692. The van der Waals surface area contributed by atoms with E-state index in [-0.39, 0.29) is 0 Å². The maximum Gasteiger partial charge on any atom is 0.117 e. The van der Waals surface area contributed by atoms with Crippen molar-refractivity contribution in [3.05, 3.63) is 23.7 Å². The summed E-state index contributed by atoms with van der Waals surface area (Å²) in [5.41, 5.74) is 0. The Kier molecular flexibility index (Phi) is 3.84. The van der Waals surface area contributed by atoms with E-state index in [4.69, 9.17) is 4.42 Å². The smallest absolute Gasteiger partial charge is 0.117 e. The van der Waals surface area contributed by atoms with E-state index in [1.165, 1.54) is 25.7 Å². The Balaban J connectivity index is 1.60. The van der Waals surface area contributed by atoms with Gasteiger partial charge in [-0.15, -0.1) is 0 Å². The Labute approximate surface area is 92.1 Å². The Morgan fingerprint density at radius 3 is 2.73 bits per heavy atom. The monoisotopic (exact) mass is 207 g/mol. The molecule has 1 aromatic rings. The van der Waals surface area contributed by atoms with Gasteiger partial charge in [0.15, 0.2) is 0 Å². The van der Waals surface area contributed by atoms with Gasteiger partial charge in [-0.3, -0.25) is 0 Å². The van der Waals surface area contributed by atoms with Crippen molar-refractivity contribution in [2.75, 3.05) is 6.54 Å². The molecule has 0 bridgehead atoms. The first kappa shape index (κ1) is 10.7. The molecule has 0 amide bonds. The largest absolute Gasteiger partial charge is 0.465 e. The summed E-state index contributed by atoms with van der Waals surface area (Å²) in [6.45, 7) is 4.13. The van der Waals surface area contributed by atoms with Crippen molar-refractivity contribution < 1.29 is 4.42 Å². The Morgan fingerprint density at radius 2 is 2.13 bits per heavy atom. The van der Waals surface area contributed by atoms with Gasteiger partial charge in [0.05, 0.1) is 6.54 Å². The molecular weight excluding hydrogens is 186 g/mol. The first-order valence-corrected chi connectivity index (χ1v) is 6.16. The second-order valence-corrected chi connectivity index (χ2v) is 4.48. The van der Waals surface area contributed by atoms with Gasteiger partial charge in [0, 0.05) is 6.42 Å². The summed E-state index contributed by atoms with van der Waals surface area (Å²) in [7, 11) is 0. The van der Waals surface area contributed by atoms with Crippen molar-refractivity contribution in [2.45, 2.75) is 45.6 Å². The molecule has 1 N–H and O–H groups in total. The zero-order chi connectivity index (χ0) is 10.5. The molecule has 0 atom stereocenters. The summed E-state index contributed by atoms with van der Waals surface area (Å²) in [6, 6.07) is 4.15. The molecule has 1 aliphatic rings. The molecule has 1 fully saturated rings. The third-order valence-corrected chi connectivity index (χ3v) is 3.32. The van der Waals surface area contributed by atoms with Crippen LogP contribution in [0.15, 0.2) is 16.5 Å². The zero-order valence-electron chi connectivity index (χ0n) is 9.59. The molecule has 84 valence electrons. The van der Waals surface area contributed by atoms with E-state index in [0.717, 1.165) is 36.9 Å². The summed E-state index contributed by atoms with van der Waals surface area (Å²) in [5, 5.41) is 3.44. The van der Waals surface area contributed by atoms with E-state index in [2.05, 4.69) is 24.4 Å². The quantitative estimate of drug-likeness (QED) is 0.725. The lowest BCUT2D eigenvalue weighted by Crippen LogP contribution is -2.20. The van der Waals surface area contributed by atoms with E-state index in [1.807, 2.05) is 0 Å². The van der Waals surface area contributed by atoms with Gasteiger partial charge in [0.1, 0.15) is 11.5 Å². The van der Waals surface area contributed by atoms with Crippen LogP contribution in [-0.2, 0) is 13.0 Å². The van der Waals surface area contributed by atoms with Crippen LogP contribution in [0.25, 0.3) is 0 Å². The van der Waals surface area contributed by atoms with E-state index in [0.29, 0.717) is 0 Å². The van der Waals surface area contributed by atoms with Crippen LogP contribution in [0, 0.1) is 5.92 Å². The molecular formula is C13H21NO. The van der Waals surface area contributed by atoms with Crippen molar-refractivity contribution in [1.82, 2.24) is 5.32 Å². The maximum absolute atomic E-state index is 5.62. The minimum absolute atomic E-state index is 0.882. The number of hydrogen-bond donors (Lipinski definition) is 1. The molecule has 0 saturated heterocycles. The fourth-order valence-electron chi connectivity index (χ4n) is 2.01. The molecule has 0 aromatic carbocycles. The normalized spacial score (nSPS) is 16.6. The maximum atomic E-state index is 5.62. The average Bonchev–Trinajstić information content (AvgIpc) is 2.62. The SMILES string of the molecule is CCc1ccc(CNCCC2CCC2)o1. The number of nitrogens with one attached hydrogen (secondary N) is 1. The first-order valence-electron chi connectivity index (χ1n) is 6.16. The van der Waals surface area contributed by atoms with Gasteiger partial charge in [-0.1, -0.05) is 26.2 Å². The van der Waals surface area contributed by atoms with Crippen LogP contribution in [0.5, 0.6) is 0 Å². The Morgan fingerprint density at radius 1 is 1.33 bits per heavy atom. The van der Waals surface area contributed by atoms with E-state index in [9.17, 15) is 0 Å². The van der Waals surface area contributed by atoms with Gasteiger partial charge in [-0.25, -0.2) is 0 Å². The van der Waals surface area contributed by atoms with Gasteiger partial charge < -0.3 is 9.73 Å². The predicted molar refractivity (Wildman–Crippen MR) is 61.8 cm³/mol. The molecule has 1 saturated carbocycles. The highest BCUT2D eigenvalue weighted by Gasteiger charge is 2.16. The molecule has 2 rings (SSSR count). The van der Waals surface area contributed by atoms with Crippen molar-refractivity contribution in [3.8, 4) is 0 Å². The molecule has 1 aromatic heterocycles. The molecule has 0 aliphatic heterocycles. The molecule has 15 heavy (non-hydrogen) atoms. The lowest BCUT2D eigenvalue weighted by Gasteiger charge is -2.25. The van der Waals surface area contributed by atoms with Gasteiger partial charge in [-0.2, -0.15) is 0 Å². The number of furan rings is 1. The van der Waals surface area contributed by atoms with Crippen LogP contribution < -0.4 is 5.32 Å². The third-order valence-electron chi connectivity index (χ3n) is 3.32. The van der Waals surface area contributed by atoms with E-state index >= 15 is 0 Å². The molecule has 2 nitrogen and oxygen atoms in total. The lowest BCUT2D eigenvalue weighted by molar-refractivity contribution is 0.290. The molecule has 2 heteroatoms. The van der Waals surface area contributed by atoms with Gasteiger partial charge >= 0.3 is 0 Å². The van der Waals surface area contributed by atoms with Crippen LogP contribution >= 0.6 is 0 Å². The molecule has 1 heterocycles. The van der Waals surface area contributed by atoms with E-state index < -0.39 is 0 Å². The summed E-state index contributed by atoms with van der Waals surface area (Å²) < 4.78 is 5.62. The summed E-state index contributed by atoms with van der Waals surface area (Å²) in [5.74, 6) is 3.16. The number of aryl methyl sites for hydroxylation is 1. The summed E-state index contributed by atoms with van der Waals surface area (Å²) >= 11 is 0. The summed E-state index contributed by atoms with van der Waals surface area (Å²) in [4.78, 5) is 0. The zero-order valence-corrected chi connectivity index (χ0v) is 9.59. The molecule has 1 aliphatic carbocycles. The van der Waals surface area contributed by atoms with Crippen molar-refractivity contribution in [1.29, 1.82) is 0 Å². The third kappa shape index (κ3) is 3.10. The van der Waals surface area contributed by atoms with Gasteiger partial charge in [0.2, 0.25) is 0 Å². The van der Waals surface area contributed by atoms with E-state index in [1.54, 1.807) is 0 Å². The Bertz CT molecular complexity index is 288. The van der Waals surface area contributed by atoms with Crippen LogP contribution in [0.4, 0.5) is 0 Å². The van der Waals surface area contributed by atoms with Crippen LogP contribution in [0.1, 0.15) is 44.1 Å². The highest BCUT2D eigenvalue weighted by atomic mass is 16.3. The van der Waals surface area contributed by atoms with Gasteiger partial charge in [0.25, 0.3) is 0 Å². The predicted octanol–water partition coefficient (Wildman–Crippen LogP) is 3.12. The highest BCUT2D eigenvalue weighted by molar-refractivity contribution is 5.06. The number of rotatable bonds is 6. The second kappa shape index (κ2) is 5.36. The minimum atomic E-state index is 0.882. The first-order chi connectivity index (χ1) is 7.38. The van der Waals surface area contributed by atoms with Crippen LogP contribution in [-0.4, -0.2) is 6.54 Å². The molecule has 0 unspecified atom stereocenters.